The molecule has 1 saturated heterocycles. The van der Waals surface area contributed by atoms with Crippen molar-refractivity contribution in [1.29, 1.82) is 0 Å². The Kier molecular flexibility index (Phi) is 4.69. The van der Waals surface area contributed by atoms with Crippen LogP contribution in [0.4, 0.5) is 23.7 Å². The molecule has 8 heteroatoms. The minimum absolute atomic E-state index is 0.00499. The van der Waals surface area contributed by atoms with Crippen LogP contribution >= 0.6 is 0 Å². The number of hydrogen-bond donors (Lipinski definition) is 3. The van der Waals surface area contributed by atoms with Crippen LogP contribution in [0.2, 0.25) is 0 Å². The number of hydrogen-bond acceptors (Lipinski definition) is 3. The van der Waals surface area contributed by atoms with Gasteiger partial charge in [0.25, 0.3) is 0 Å². The van der Waals surface area contributed by atoms with Crippen molar-refractivity contribution in [3.63, 3.8) is 0 Å². The normalized spacial score (nSPS) is 18.6. The van der Waals surface area contributed by atoms with Crippen LogP contribution in [0, 0.1) is 0 Å². The molecule has 1 aromatic rings. The molecule has 0 spiro atoms. The third-order valence-electron chi connectivity index (χ3n) is 3.14. The van der Waals surface area contributed by atoms with E-state index < -0.39 is 17.8 Å². The largest absolute Gasteiger partial charge is 0.418 e. The second-order valence-corrected chi connectivity index (χ2v) is 4.74. The van der Waals surface area contributed by atoms with Crippen molar-refractivity contribution in [2.75, 3.05) is 18.5 Å². The van der Waals surface area contributed by atoms with Crippen LogP contribution in [0.15, 0.2) is 18.2 Å². The average Bonchev–Trinajstić information content (AvgIpc) is 2.90. The first-order chi connectivity index (χ1) is 9.90. The first-order valence-electron chi connectivity index (χ1n) is 6.45. The summed E-state index contributed by atoms with van der Waals surface area (Å²) in [7, 11) is 0. The average molecular weight is 303 g/mol. The first kappa shape index (κ1) is 15.6. The summed E-state index contributed by atoms with van der Waals surface area (Å²) in [5.41, 5.74) is 4.48. The van der Waals surface area contributed by atoms with E-state index in [1.807, 2.05) is 0 Å². The minimum Gasteiger partial charge on any atom is -0.379 e. The number of anilines is 1. The molecule has 1 heterocycles. The summed E-state index contributed by atoms with van der Waals surface area (Å²) in [6, 6.07) is 2.73. The highest BCUT2D eigenvalue weighted by Gasteiger charge is 2.34. The van der Waals surface area contributed by atoms with E-state index in [-0.39, 0.29) is 18.3 Å². The maximum atomic E-state index is 13.0. The number of carbonyl (C=O) groups is 1. The van der Waals surface area contributed by atoms with E-state index in [1.54, 1.807) is 0 Å². The second kappa shape index (κ2) is 6.31. The molecule has 0 aliphatic carbocycles. The Morgan fingerprint density at radius 1 is 1.43 bits per heavy atom. The number of nitrogens with two attached hydrogens (primary N) is 1. The first-order valence-corrected chi connectivity index (χ1v) is 6.45. The minimum atomic E-state index is -4.57. The van der Waals surface area contributed by atoms with Crippen LogP contribution in [0.25, 0.3) is 0 Å². The van der Waals surface area contributed by atoms with Crippen molar-refractivity contribution >= 4 is 11.7 Å². The van der Waals surface area contributed by atoms with Gasteiger partial charge >= 0.3 is 12.2 Å². The maximum absolute atomic E-state index is 13.0. The SMILES string of the molecule is NCc1ccc(NC(=O)NC2CCOC2)c(C(F)(F)F)c1. The van der Waals surface area contributed by atoms with Crippen LogP contribution in [0.1, 0.15) is 17.5 Å². The molecule has 4 N–H and O–H groups in total. The summed E-state index contributed by atoms with van der Waals surface area (Å²) in [6.07, 6.45) is -3.92. The Morgan fingerprint density at radius 3 is 2.76 bits per heavy atom. The summed E-state index contributed by atoms with van der Waals surface area (Å²) < 4.78 is 44.0. The van der Waals surface area contributed by atoms with Gasteiger partial charge in [-0.2, -0.15) is 13.2 Å². The number of urea groups is 1. The summed E-state index contributed by atoms with van der Waals surface area (Å²) >= 11 is 0. The van der Waals surface area contributed by atoms with Crippen LogP contribution in [0.3, 0.4) is 0 Å². The van der Waals surface area contributed by atoms with E-state index in [0.29, 0.717) is 25.2 Å². The fraction of sp³-hybridized carbons (Fsp3) is 0.462. The van der Waals surface area contributed by atoms with Gasteiger partial charge in [0, 0.05) is 13.2 Å². The zero-order chi connectivity index (χ0) is 15.5. The molecule has 1 aliphatic rings. The fourth-order valence-corrected chi connectivity index (χ4v) is 2.05. The van der Waals surface area contributed by atoms with E-state index in [4.69, 9.17) is 10.5 Å². The summed E-state index contributed by atoms with van der Waals surface area (Å²) in [5.74, 6) is 0. The number of halogens is 3. The zero-order valence-electron chi connectivity index (χ0n) is 11.2. The number of rotatable bonds is 3. The van der Waals surface area contributed by atoms with Gasteiger partial charge < -0.3 is 21.1 Å². The van der Waals surface area contributed by atoms with Gasteiger partial charge in [-0.1, -0.05) is 6.07 Å². The van der Waals surface area contributed by atoms with Gasteiger partial charge in [-0.15, -0.1) is 0 Å². The van der Waals surface area contributed by atoms with E-state index in [0.717, 1.165) is 6.07 Å². The van der Waals surface area contributed by atoms with Crippen molar-refractivity contribution in [2.24, 2.45) is 5.73 Å². The molecular weight excluding hydrogens is 287 g/mol. The van der Waals surface area contributed by atoms with Crippen molar-refractivity contribution in [1.82, 2.24) is 5.32 Å². The van der Waals surface area contributed by atoms with Crippen LogP contribution < -0.4 is 16.4 Å². The maximum Gasteiger partial charge on any atom is 0.418 e. The number of carbonyl (C=O) groups excluding carboxylic acids is 1. The van der Waals surface area contributed by atoms with Gasteiger partial charge in [0.05, 0.1) is 23.9 Å². The number of ether oxygens (including phenoxy) is 1. The molecule has 0 radical (unpaired) electrons. The molecule has 21 heavy (non-hydrogen) atoms. The molecule has 116 valence electrons. The van der Waals surface area contributed by atoms with Gasteiger partial charge in [0.2, 0.25) is 0 Å². The molecule has 0 bridgehead atoms. The summed E-state index contributed by atoms with van der Waals surface area (Å²) in [5, 5.41) is 4.80. The number of benzene rings is 1. The van der Waals surface area contributed by atoms with E-state index >= 15 is 0 Å². The summed E-state index contributed by atoms with van der Waals surface area (Å²) in [6.45, 7) is 0.893. The van der Waals surface area contributed by atoms with Crippen molar-refractivity contribution in [3.05, 3.63) is 29.3 Å². The van der Waals surface area contributed by atoms with Crippen molar-refractivity contribution < 1.29 is 22.7 Å². The van der Waals surface area contributed by atoms with Crippen LogP contribution in [-0.4, -0.2) is 25.3 Å². The molecule has 2 amide bonds. The molecule has 0 saturated carbocycles. The third kappa shape index (κ3) is 4.08. The van der Waals surface area contributed by atoms with Gasteiger partial charge in [0.1, 0.15) is 0 Å². The van der Waals surface area contributed by atoms with Crippen LogP contribution in [-0.2, 0) is 17.5 Å². The highest BCUT2D eigenvalue weighted by molar-refractivity contribution is 5.90. The quantitative estimate of drug-likeness (QED) is 0.800. The van der Waals surface area contributed by atoms with Crippen molar-refractivity contribution in [3.8, 4) is 0 Å². The number of nitrogens with one attached hydrogen (secondary N) is 2. The molecule has 1 unspecified atom stereocenters. The van der Waals surface area contributed by atoms with E-state index in [2.05, 4.69) is 10.6 Å². The molecule has 1 atom stereocenters. The van der Waals surface area contributed by atoms with Crippen LogP contribution in [0.5, 0.6) is 0 Å². The lowest BCUT2D eigenvalue weighted by Crippen LogP contribution is -2.38. The second-order valence-electron chi connectivity index (χ2n) is 4.74. The Bertz CT molecular complexity index is 514. The molecule has 2 rings (SSSR count). The van der Waals surface area contributed by atoms with E-state index in [1.165, 1.54) is 12.1 Å². The third-order valence-corrected chi connectivity index (χ3v) is 3.14. The van der Waals surface area contributed by atoms with Gasteiger partial charge in [-0.05, 0) is 24.1 Å². The monoisotopic (exact) mass is 303 g/mol. The highest BCUT2D eigenvalue weighted by Crippen LogP contribution is 2.35. The molecular formula is C13H16F3N3O2. The Labute approximate surface area is 119 Å². The lowest BCUT2D eigenvalue weighted by molar-refractivity contribution is -0.137. The van der Waals surface area contributed by atoms with E-state index in [9.17, 15) is 18.0 Å². The fourth-order valence-electron chi connectivity index (χ4n) is 2.05. The molecule has 1 aliphatic heterocycles. The molecule has 1 fully saturated rings. The predicted octanol–water partition coefficient (Wildman–Crippen LogP) is 2.07. The Balaban J connectivity index is 2.12. The smallest absolute Gasteiger partial charge is 0.379 e. The number of amides is 2. The summed E-state index contributed by atoms with van der Waals surface area (Å²) in [4.78, 5) is 11.7. The predicted molar refractivity (Wildman–Crippen MR) is 70.7 cm³/mol. The highest BCUT2D eigenvalue weighted by atomic mass is 19.4. The Hall–Kier alpha value is -1.80. The van der Waals surface area contributed by atoms with Crippen molar-refractivity contribution in [2.45, 2.75) is 25.2 Å². The Morgan fingerprint density at radius 2 is 2.19 bits per heavy atom. The lowest BCUT2D eigenvalue weighted by atomic mass is 10.1. The molecule has 1 aromatic carbocycles. The lowest BCUT2D eigenvalue weighted by Gasteiger charge is -2.17. The topological polar surface area (TPSA) is 76.4 Å². The standard InChI is InChI=1S/C13H16F3N3O2/c14-13(15,16)10-5-8(6-17)1-2-11(10)19-12(20)18-9-3-4-21-7-9/h1-2,5,9H,3-4,6-7,17H2,(H2,18,19,20). The van der Waals surface area contributed by atoms with Gasteiger partial charge in [0.15, 0.2) is 0 Å². The zero-order valence-corrected chi connectivity index (χ0v) is 11.2. The number of alkyl halides is 3. The molecule has 5 nitrogen and oxygen atoms in total. The molecule has 0 aromatic heterocycles. The van der Waals surface area contributed by atoms with Gasteiger partial charge in [-0.25, -0.2) is 4.79 Å². The van der Waals surface area contributed by atoms with Gasteiger partial charge in [-0.3, -0.25) is 0 Å².